The van der Waals surface area contributed by atoms with Gasteiger partial charge in [-0.25, -0.2) is 0 Å². The first kappa shape index (κ1) is 13.9. The van der Waals surface area contributed by atoms with Crippen LogP contribution in [0.4, 0.5) is 0 Å². The number of hydrogen-bond acceptors (Lipinski definition) is 1. The van der Waals surface area contributed by atoms with Crippen molar-refractivity contribution in [1.82, 2.24) is 5.32 Å². The standard InChI is InChI=1S/C16H24ClN/c1-2-18-16(12-11-13-7-3-4-8-13)14-9-5-6-10-15(14)17/h5-6,9-10,13,16,18H,2-4,7-8,11-12H2,1H3. The van der Waals surface area contributed by atoms with E-state index >= 15 is 0 Å². The molecule has 1 nitrogen and oxygen atoms in total. The maximum absolute atomic E-state index is 6.31. The first-order valence-electron chi connectivity index (χ1n) is 7.29. The van der Waals surface area contributed by atoms with E-state index in [1.165, 1.54) is 44.1 Å². The zero-order valence-corrected chi connectivity index (χ0v) is 12.0. The van der Waals surface area contributed by atoms with Crippen LogP contribution in [0.25, 0.3) is 0 Å². The highest BCUT2D eigenvalue weighted by Gasteiger charge is 2.19. The van der Waals surface area contributed by atoms with Gasteiger partial charge in [0.05, 0.1) is 0 Å². The van der Waals surface area contributed by atoms with Crippen LogP contribution in [-0.2, 0) is 0 Å². The Balaban J connectivity index is 1.96. The minimum atomic E-state index is 0.421. The van der Waals surface area contributed by atoms with Crippen LogP contribution in [0.1, 0.15) is 57.1 Å². The summed E-state index contributed by atoms with van der Waals surface area (Å²) < 4.78 is 0. The molecule has 1 aliphatic carbocycles. The lowest BCUT2D eigenvalue weighted by Crippen LogP contribution is -2.21. The SMILES string of the molecule is CCNC(CCC1CCCC1)c1ccccc1Cl. The molecule has 0 saturated heterocycles. The van der Waals surface area contributed by atoms with Gasteiger partial charge in [0.1, 0.15) is 0 Å². The van der Waals surface area contributed by atoms with E-state index in [4.69, 9.17) is 11.6 Å². The second-order valence-corrected chi connectivity index (χ2v) is 5.77. The van der Waals surface area contributed by atoms with Crippen molar-refractivity contribution >= 4 is 11.6 Å². The second kappa shape index (κ2) is 7.16. The molecule has 1 N–H and O–H groups in total. The Labute approximate surface area is 116 Å². The average molecular weight is 266 g/mol. The third-order valence-corrected chi connectivity index (χ3v) is 4.41. The van der Waals surface area contributed by atoms with Crippen molar-refractivity contribution in [3.05, 3.63) is 34.9 Å². The van der Waals surface area contributed by atoms with E-state index in [1.54, 1.807) is 0 Å². The van der Waals surface area contributed by atoms with E-state index < -0.39 is 0 Å². The Hall–Kier alpha value is -0.530. The van der Waals surface area contributed by atoms with Gasteiger partial charge in [0.25, 0.3) is 0 Å². The van der Waals surface area contributed by atoms with E-state index in [0.29, 0.717) is 6.04 Å². The minimum Gasteiger partial charge on any atom is -0.310 e. The van der Waals surface area contributed by atoms with Crippen molar-refractivity contribution < 1.29 is 0 Å². The fraction of sp³-hybridized carbons (Fsp3) is 0.625. The molecule has 2 rings (SSSR count). The molecule has 100 valence electrons. The third-order valence-electron chi connectivity index (χ3n) is 4.07. The van der Waals surface area contributed by atoms with E-state index in [1.807, 2.05) is 12.1 Å². The predicted octanol–water partition coefficient (Wildman–Crippen LogP) is 4.96. The van der Waals surface area contributed by atoms with Gasteiger partial charge in [-0.05, 0) is 36.9 Å². The molecule has 0 heterocycles. The lowest BCUT2D eigenvalue weighted by atomic mass is 9.95. The first-order chi connectivity index (χ1) is 8.81. The molecular formula is C16H24ClN. The molecule has 1 aromatic rings. The molecule has 0 spiro atoms. The van der Waals surface area contributed by atoms with Gasteiger partial charge in [-0.1, -0.05) is 62.4 Å². The Morgan fingerprint density at radius 2 is 2.00 bits per heavy atom. The van der Waals surface area contributed by atoms with E-state index in [-0.39, 0.29) is 0 Å². The average Bonchev–Trinajstić information content (AvgIpc) is 2.88. The molecule has 1 atom stereocenters. The Kier molecular flexibility index (Phi) is 5.52. The quantitative estimate of drug-likeness (QED) is 0.766. The topological polar surface area (TPSA) is 12.0 Å². The molecule has 0 aromatic heterocycles. The smallest absolute Gasteiger partial charge is 0.0453 e. The summed E-state index contributed by atoms with van der Waals surface area (Å²) in [6.07, 6.45) is 8.28. The van der Waals surface area contributed by atoms with Gasteiger partial charge in [-0.2, -0.15) is 0 Å². The van der Waals surface area contributed by atoms with E-state index in [9.17, 15) is 0 Å². The minimum absolute atomic E-state index is 0.421. The van der Waals surface area contributed by atoms with Crippen molar-refractivity contribution in [3.8, 4) is 0 Å². The summed E-state index contributed by atoms with van der Waals surface area (Å²) in [4.78, 5) is 0. The summed E-state index contributed by atoms with van der Waals surface area (Å²) in [5.74, 6) is 0.952. The van der Waals surface area contributed by atoms with Gasteiger partial charge in [-0.15, -0.1) is 0 Å². The molecule has 0 aliphatic heterocycles. The summed E-state index contributed by atoms with van der Waals surface area (Å²) in [5, 5.41) is 4.48. The zero-order chi connectivity index (χ0) is 12.8. The van der Waals surface area contributed by atoms with Crippen molar-refractivity contribution in [2.75, 3.05) is 6.54 Å². The summed E-state index contributed by atoms with van der Waals surface area (Å²) in [6.45, 7) is 3.17. The molecule has 0 bridgehead atoms. The van der Waals surface area contributed by atoms with E-state index in [2.05, 4.69) is 24.4 Å². The Bertz CT molecular complexity index is 358. The lowest BCUT2D eigenvalue weighted by molar-refractivity contribution is 0.417. The van der Waals surface area contributed by atoms with Gasteiger partial charge in [-0.3, -0.25) is 0 Å². The van der Waals surface area contributed by atoms with Gasteiger partial charge >= 0.3 is 0 Å². The monoisotopic (exact) mass is 265 g/mol. The molecule has 1 saturated carbocycles. The number of nitrogens with one attached hydrogen (secondary N) is 1. The summed E-state index contributed by atoms with van der Waals surface area (Å²) in [6, 6.07) is 8.66. The molecule has 1 unspecified atom stereocenters. The second-order valence-electron chi connectivity index (χ2n) is 5.36. The Morgan fingerprint density at radius 3 is 2.67 bits per heavy atom. The molecule has 1 aliphatic rings. The van der Waals surface area contributed by atoms with Gasteiger partial charge in [0.15, 0.2) is 0 Å². The van der Waals surface area contributed by atoms with Crippen molar-refractivity contribution in [2.45, 2.75) is 51.5 Å². The molecular weight excluding hydrogens is 242 g/mol. The highest BCUT2D eigenvalue weighted by Crippen LogP contribution is 2.33. The van der Waals surface area contributed by atoms with Crippen LogP contribution < -0.4 is 5.32 Å². The van der Waals surface area contributed by atoms with Gasteiger partial charge in [0, 0.05) is 11.1 Å². The fourth-order valence-corrected chi connectivity index (χ4v) is 3.34. The molecule has 1 aromatic carbocycles. The molecule has 0 radical (unpaired) electrons. The highest BCUT2D eigenvalue weighted by molar-refractivity contribution is 6.31. The summed E-state index contributed by atoms with van der Waals surface area (Å²) in [5.41, 5.74) is 1.26. The zero-order valence-electron chi connectivity index (χ0n) is 11.3. The van der Waals surface area contributed by atoms with Crippen molar-refractivity contribution in [3.63, 3.8) is 0 Å². The van der Waals surface area contributed by atoms with Crippen LogP contribution in [0.15, 0.2) is 24.3 Å². The maximum atomic E-state index is 6.31. The molecule has 1 fully saturated rings. The molecule has 2 heteroatoms. The maximum Gasteiger partial charge on any atom is 0.0453 e. The molecule has 18 heavy (non-hydrogen) atoms. The third kappa shape index (κ3) is 3.73. The largest absolute Gasteiger partial charge is 0.310 e. The van der Waals surface area contributed by atoms with Gasteiger partial charge in [0.2, 0.25) is 0 Å². The number of halogens is 1. The van der Waals surface area contributed by atoms with E-state index in [0.717, 1.165) is 17.5 Å². The number of hydrogen-bond donors (Lipinski definition) is 1. The first-order valence-corrected chi connectivity index (χ1v) is 7.67. The van der Waals surface area contributed by atoms with Crippen LogP contribution in [0.5, 0.6) is 0 Å². The predicted molar refractivity (Wildman–Crippen MR) is 79.1 cm³/mol. The lowest BCUT2D eigenvalue weighted by Gasteiger charge is -2.21. The number of rotatable bonds is 6. The van der Waals surface area contributed by atoms with Crippen molar-refractivity contribution in [2.24, 2.45) is 5.92 Å². The molecule has 0 amide bonds. The van der Waals surface area contributed by atoms with Crippen LogP contribution in [0.3, 0.4) is 0 Å². The normalized spacial score (nSPS) is 18.1. The van der Waals surface area contributed by atoms with Crippen LogP contribution in [-0.4, -0.2) is 6.54 Å². The van der Waals surface area contributed by atoms with Gasteiger partial charge < -0.3 is 5.32 Å². The fourth-order valence-electron chi connectivity index (χ4n) is 3.07. The Morgan fingerprint density at radius 1 is 1.28 bits per heavy atom. The van der Waals surface area contributed by atoms with Crippen LogP contribution in [0.2, 0.25) is 5.02 Å². The summed E-state index contributed by atoms with van der Waals surface area (Å²) >= 11 is 6.31. The van der Waals surface area contributed by atoms with Crippen molar-refractivity contribution in [1.29, 1.82) is 0 Å². The van der Waals surface area contributed by atoms with Crippen LogP contribution in [0, 0.1) is 5.92 Å². The number of benzene rings is 1. The summed E-state index contributed by atoms with van der Waals surface area (Å²) in [7, 11) is 0. The highest BCUT2D eigenvalue weighted by atomic mass is 35.5. The van der Waals surface area contributed by atoms with Crippen LogP contribution >= 0.6 is 11.6 Å².